The van der Waals surface area contributed by atoms with Gasteiger partial charge in [-0.1, -0.05) is 45.0 Å². The van der Waals surface area contributed by atoms with E-state index in [1.54, 1.807) is 107 Å². The van der Waals surface area contributed by atoms with E-state index in [1.165, 1.54) is 23.1 Å². The van der Waals surface area contributed by atoms with E-state index >= 15 is 0 Å². The number of amides is 7. The predicted octanol–water partition coefficient (Wildman–Crippen LogP) is 8.16. The first-order chi connectivity index (χ1) is 38.5. The third kappa shape index (κ3) is 13.5. The molecule has 5 aromatic rings. The van der Waals surface area contributed by atoms with Crippen LogP contribution in [0.25, 0.3) is 0 Å². The number of carbonyl (C=O) groups excluding carboxylic acids is 9. The molecule has 8 rings (SSSR count). The van der Waals surface area contributed by atoms with Gasteiger partial charge < -0.3 is 39.2 Å². The summed E-state index contributed by atoms with van der Waals surface area (Å²) in [6.07, 6.45) is 2.14. The highest BCUT2D eigenvalue weighted by Crippen LogP contribution is 2.36. The molecule has 21 heteroatoms. The van der Waals surface area contributed by atoms with Crippen LogP contribution >= 0.6 is 0 Å². The number of esters is 1. The summed E-state index contributed by atoms with van der Waals surface area (Å²) < 4.78 is 28.8. The van der Waals surface area contributed by atoms with Crippen LogP contribution in [0.4, 0.5) is 22.7 Å². The van der Waals surface area contributed by atoms with Crippen LogP contribution in [-0.4, -0.2) is 109 Å². The second kappa shape index (κ2) is 25.5. The topological polar surface area (TPSA) is 267 Å². The number of anilines is 2. The smallest absolute Gasteiger partial charge is 0.329 e. The summed E-state index contributed by atoms with van der Waals surface area (Å²) >= 11 is 0. The van der Waals surface area contributed by atoms with E-state index in [9.17, 15) is 43.2 Å². The normalized spacial score (nSPS) is 16.6. The van der Waals surface area contributed by atoms with E-state index in [1.807, 2.05) is 19.1 Å². The number of rotatable bonds is 22. The number of azo groups is 1. The van der Waals surface area contributed by atoms with Gasteiger partial charge in [0.25, 0.3) is 29.5 Å². The van der Waals surface area contributed by atoms with Crippen molar-refractivity contribution in [2.45, 2.75) is 90.3 Å². The molecule has 3 heterocycles. The van der Waals surface area contributed by atoms with E-state index in [0.29, 0.717) is 84.1 Å². The van der Waals surface area contributed by atoms with Gasteiger partial charge >= 0.3 is 5.97 Å². The molecule has 0 aliphatic carbocycles. The lowest BCUT2D eigenvalue weighted by molar-refractivity contribution is -0.164. The van der Waals surface area contributed by atoms with Gasteiger partial charge in [0.2, 0.25) is 17.6 Å². The SMILES string of the molecule is CCC(C)(C)C(=O)C(=O)N1CCCCC1C(=O)OC(CCc1ccc(OC)c(OC)c1)c1cccc(OCC(=O)Nc2ccc(N=Nc3ccc(NC(=O)COc4cccc5c4C(=O)N(C4CCC(=O)NC4=O)C5=O)cc3)cc2)c1. The molecule has 2 saturated heterocycles. The van der Waals surface area contributed by atoms with E-state index in [-0.39, 0.29) is 42.9 Å². The van der Waals surface area contributed by atoms with Crippen LogP contribution in [0.3, 0.4) is 0 Å². The summed E-state index contributed by atoms with van der Waals surface area (Å²) in [6.45, 7) is 4.70. The molecule has 3 aliphatic heterocycles. The number of fused-ring (bicyclic) bond motifs is 1. The van der Waals surface area contributed by atoms with Gasteiger partial charge in [-0.25, -0.2) is 4.79 Å². The van der Waals surface area contributed by atoms with Crippen molar-refractivity contribution in [1.82, 2.24) is 15.1 Å². The number of likely N-dealkylation sites (tertiary alicyclic amines) is 1. The van der Waals surface area contributed by atoms with Crippen LogP contribution < -0.4 is 34.9 Å². The van der Waals surface area contributed by atoms with Gasteiger partial charge in [0.05, 0.1) is 36.7 Å². The van der Waals surface area contributed by atoms with Gasteiger partial charge in [-0.05, 0) is 141 Å². The number of aryl methyl sites for hydroxylation is 1. The summed E-state index contributed by atoms with van der Waals surface area (Å²) in [5, 5.41) is 16.2. The lowest BCUT2D eigenvalue weighted by Crippen LogP contribution is -2.54. The molecular weight excluding hydrogens is 1030 g/mol. The summed E-state index contributed by atoms with van der Waals surface area (Å²) in [7, 11) is 3.10. The predicted molar refractivity (Wildman–Crippen MR) is 290 cm³/mol. The maximum atomic E-state index is 14.1. The minimum atomic E-state index is -1.15. The Morgan fingerprint density at radius 2 is 1.38 bits per heavy atom. The van der Waals surface area contributed by atoms with Crippen molar-refractivity contribution >= 4 is 75.9 Å². The molecule has 80 heavy (non-hydrogen) atoms. The van der Waals surface area contributed by atoms with Crippen molar-refractivity contribution in [3.63, 3.8) is 0 Å². The molecule has 21 nitrogen and oxygen atoms in total. The second-order valence-corrected chi connectivity index (χ2v) is 19.9. The standard InChI is InChI=1S/C59H61N7O14/c1-6-59(2,3)53(70)57(74)65-30-8-7-14-44(65)58(75)80-45(27-16-35-17-28-46(76-4)48(31-35)77-5)36-11-9-12-41(32-36)78-33-50(68)60-37-18-22-39(23-19-37)63-64-40-24-20-38(21-25-40)61-51(69)34-79-47-15-10-13-42-52(47)56(73)66(55(42)72)43-26-29-49(67)62-54(43)71/h9-13,15,17-25,28,31-32,43-45H,6-8,14,16,26-27,29-30,33-34H2,1-5H3,(H,60,68)(H,61,69)(H,62,67,71). The number of ketones is 1. The summed E-state index contributed by atoms with van der Waals surface area (Å²) in [6, 6.07) is 27.8. The number of piperidine rings is 2. The number of carbonyl (C=O) groups is 9. The Labute approximate surface area is 461 Å². The number of methoxy groups -OCH3 is 2. The fraction of sp³-hybridized carbons (Fsp3) is 0.339. The molecule has 0 bridgehead atoms. The van der Waals surface area contributed by atoms with E-state index < -0.39 is 83.3 Å². The zero-order chi connectivity index (χ0) is 57.1. The molecule has 416 valence electrons. The summed E-state index contributed by atoms with van der Waals surface area (Å²) in [5.41, 5.74) is 2.40. The quantitative estimate of drug-likeness (QED) is 0.0256. The molecule has 5 aromatic carbocycles. The highest BCUT2D eigenvalue weighted by molar-refractivity contribution is 6.38. The Bertz CT molecular complexity index is 3230. The third-order valence-corrected chi connectivity index (χ3v) is 14.1. The van der Waals surface area contributed by atoms with Crippen molar-refractivity contribution in [2.75, 3.05) is 44.6 Å². The molecule has 3 aliphatic rings. The maximum Gasteiger partial charge on any atom is 0.329 e. The van der Waals surface area contributed by atoms with Gasteiger partial charge in [0.15, 0.2) is 24.7 Å². The number of imide groups is 2. The molecule has 3 N–H and O–H groups in total. The zero-order valence-corrected chi connectivity index (χ0v) is 44.9. The van der Waals surface area contributed by atoms with Gasteiger partial charge in [-0.2, -0.15) is 10.2 Å². The van der Waals surface area contributed by atoms with Crippen molar-refractivity contribution < 1.29 is 66.8 Å². The molecule has 0 saturated carbocycles. The zero-order valence-electron chi connectivity index (χ0n) is 44.9. The Kier molecular flexibility index (Phi) is 18.1. The summed E-state index contributed by atoms with van der Waals surface area (Å²) in [5.74, 6) is -4.08. The van der Waals surface area contributed by atoms with Gasteiger partial charge in [-0.15, -0.1) is 0 Å². The minimum absolute atomic E-state index is 0.00107. The molecule has 2 fully saturated rings. The van der Waals surface area contributed by atoms with Crippen molar-refractivity contribution in [2.24, 2.45) is 15.6 Å². The molecule has 7 amide bonds. The molecule has 3 unspecified atom stereocenters. The maximum absolute atomic E-state index is 14.1. The minimum Gasteiger partial charge on any atom is -0.493 e. The molecule has 0 aromatic heterocycles. The van der Waals surface area contributed by atoms with Crippen molar-refractivity contribution in [3.8, 4) is 23.0 Å². The van der Waals surface area contributed by atoms with Crippen LogP contribution in [0.1, 0.15) is 104 Å². The summed E-state index contributed by atoms with van der Waals surface area (Å²) in [4.78, 5) is 120. The van der Waals surface area contributed by atoms with Crippen LogP contribution in [0.2, 0.25) is 0 Å². The van der Waals surface area contributed by atoms with Crippen molar-refractivity contribution in [1.29, 1.82) is 0 Å². The van der Waals surface area contributed by atoms with Gasteiger partial charge in [0.1, 0.15) is 29.7 Å². The third-order valence-electron chi connectivity index (χ3n) is 14.1. The molecule has 0 radical (unpaired) electrons. The number of nitrogens with one attached hydrogen (secondary N) is 3. The van der Waals surface area contributed by atoms with Crippen LogP contribution in [-0.2, 0) is 44.7 Å². The number of ether oxygens (including phenoxy) is 5. The first kappa shape index (κ1) is 56.9. The fourth-order valence-electron chi connectivity index (χ4n) is 9.28. The second-order valence-electron chi connectivity index (χ2n) is 19.9. The number of nitrogens with zero attached hydrogens (tertiary/aromatic N) is 4. The monoisotopic (exact) mass is 1090 g/mol. The molecule has 3 atom stereocenters. The van der Waals surface area contributed by atoms with E-state index in [0.717, 1.165) is 10.5 Å². The van der Waals surface area contributed by atoms with Crippen LogP contribution in [0.15, 0.2) is 119 Å². The molecule has 0 spiro atoms. The van der Waals surface area contributed by atoms with Gasteiger partial charge in [0, 0.05) is 29.8 Å². The van der Waals surface area contributed by atoms with Gasteiger partial charge in [-0.3, -0.25) is 48.6 Å². The van der Waals surface area contributed by atoms with Crippen molar-refractivity contribution in [3.05, 3.63) is 131 Å². The highest BCUT2D eigenvalue weighted by atomic mass is 16.5. The number of hydrogen-bond donors (Lipinski definition) is 3. The largest absolute Gasteiger partial charge is 0.493 e. The number of benzene rings is 5. The Hall–Kier alpha value is -9.27. The van der Waals surface area contributed by atoms with E-state index in [4.69, 9.17) is 23.7 Å². The fourth-order valence-corrected chi connectivity index (χ4v) is 9.28. The Morgan fingerprint density at radius 1 is 0.725 bits per heavy atom. The number of hydrogen-bond acceptors (Lipinski definition) is 16. The lowest BCUT2D eigenvalue weighted by Gasteiger charge is -2.36. The first-order valence-electron chi connectivity index (χ1n) is 26.1. The molecular formula is C59H61N7O14. The lowest BCUT2D eigenvalue weighted by atomic mass is 9.84. The Morgan fingerprint density at radius 3 is 2.01 bits per heavy atom. The average Bonchev–Trinajstić information content (AvgIpc) is 3.73. The van der Waals surface area contributed by atoms with E-state index in [2.05, 4.69) is 26.2 Å². The number of Topliss-reactive ketones (excluding diaryl/α,β-unsaturated/α-hetero) is 1. The van der Waals surface area contributed by atoms with Crippen LogP contribution in [0, 0.1) is 5.41 Å². The Balaban J connectivity index is 0.833. The first-order valence-corrected chi connectivity index (χ1v) is 26.1. The highest BCUT2D eigenvalue weighted by Gasteiger charge is 2.46. The average molecular weight is 1090 g/mol. The van der Waals surface area contributed by atoms with Crippen LogP contribution in [0.5, 0.6) is 23.0 Å².